The van der Waals surface area contributed by atoms with Crippen LogP contribution in [0.25, 0.3) is 22.0 Å². The van der Waals surface area contributed by atoms with Crippen molar-refractivity contribution in [3.63, 3.8) is 0 Å². The summed E-state index contributed by atoms with van der Waals surface area (Å²) in [5.74, 6) is -0.227. The van der Waals surface area contributed by atoms with Crippen LogP contribution in [0.2, 0.25) is 0 Å². The van der Waals surface area contributed by atoms with Crippen molar-refractivity contribution in [2.24, 2.45) is 0 Å². The van der Waals surface area contributed by atoms with Crippen molar-refractivity contribution in [2.75, 3.05) is 0 Å². The fourth-order valence-corrected chi connectivity index (χ4v) is 2.64. The third kappa shape index (κ3) is 2.33. The Morgan fingerprint density at radius 1 is 1.27 bits per heavy atom. The predicted octanol–water partition coefficient (Wildman–Crippen LogP) is 3.36. The van der Waals surface area contributed by atoms with Gasteiger partial charge in [0.25, 0.3) is 0 Å². The van der Waals surface area contributed by atoms with Crippen molar-refractivity contribution in [1.29, 1.82) is 0 Å². The summed E-state index contributed by atoms with van der Waals surface area (Å²) in [6, 6.07) is 7.60. The molecule has 0 fully saturated rings. The Morgan fingerprint density at radius 3 is 2.82 bits per heavy atom. The highest BCUT2D eigenvalue weighted by Crippen LogP contribution is 2.25. The number of aromatic nitrogens is 2. The van der Waals surface area contributed by atoms with E-state index < -0.39 is 0 Å². The molecule has 3 rings (SSSR count). The van der Waals surface area contributed by atoms with E-state index in [1.807, 2.05) is 24.4 Å². The number of carbonyl (C=O) groups excluding carboxylic acids is 1. The lowest BCUT2D eigenvalue weighted by atomic mass is 9.98. The van der Waals surface area contributed by atoms with Crippen molar-refractivity contribution in [1.82, 2.24) is 9.97 Å². The smallest absolute Gasteiger partial charge is 0.200 e. The van der Waals surface area contributed by atoms with Gasteiger partial charge in [-0.25, -0.2) is 0 Å². The van der Waals surface area contributed by atoms with Gasteiger partial charge in [-0.05, 0) is 48.2 Å². The Labute approximate surface area is 127 Å². The van der Waals surface area contributed by atoms with Gasteiger partial charge in [0.05, 0.1) is 5.56 Å². The van der Waals surface area contributed by atoms with Gasteiger partial charge < -0.3 is 4.98 Å². The zero-order valence-corrected chi connectivity index (χ0v) is 12.5. The van der Waals surface area contributed by atoms with Crippen LogP contribution in [-0.4, -0.2) is 15.8 Å². The molecule has 110 valence electrons. The van der Waals surface area contributed by atoms with Gasteiger partial charge in [0.15, 0.2) is 11.2 Å². The summed E-state index contributed by atoms with van der Waals surface area (Å²) in [5, 5.41) is 0.531. The topological polar surface area (TPSA) is 62.8 Å². The molecule has 0 aliphatic heterocycles. The number of fused-ring (bicyclic) bond motifs is 1. The van der Waals surface area contributed by atoms with Gasteiger partial charge in [0.1, 0.15) is 0 Å². The van der Waals surface area contributed by atoms with Crippen LogP contribution in [0.15, 0.2) is 47.7 Å². The Kier molecular flexibility index (Phi) is 3.59. The molecule has 0 saturated heterocycles. The molecule has 0 aliphatic carbocycles. The zero-order valence-electron chi connectivity index (χ0n) is 12.5. The van der Waals surface area contributed by atoms with E-state index in [0.717, 1.165) is 28.6 Å². The van der Waals surface area contributed by atoms with E-state index in [0.29, 0.717) is 5.39 Å². The second-order valence-electron chi connectivity index (χ2n) is 5.23. The number of aromatic amines is 1. The number of rotatable bonds is 3. The van der Waals surface area contributed by atoms with Crippen LogP contribution in [-0.2, 0) is 6.42 Å². The molecule has 0 radical (unpaired) electrons. The average molecular weight is 292 g/mol. The molecular formula is C18H16N2O2. The minimum Gasteiger partial charge on any atom is -0.360 e. The van der Waals surface area contributed by atoms with Crippen molar-refractivity contribution in [3.05, 3.63) is 64.2 Å². The summed E-state index contributed by atoms with van der Waals surface area (Å²) in [4.78, 5) is 31.0. The second-order valence-corrected chi connectivity index (χ2v) is 5.23. The Bertz CT molecular complexity index is 926. The highest BCUT2D eigenvalue weighted by Gasteiger charge is 2.10. The molecule has 0 spiro atoms. The van der Waals surface area contributed by atoms with Gasteiger partial charge in [-0.2, -0.15) is 0 Å². The third-order valence-electron chi connectivity index (χ3n) is 3.86. The lowest BCUT2D eigenvalue weighted by Crippen LogP contribution is -2.13. The first-order valence-corrected chi connectivity index (χ1v) is 7.21. The Morgan fingerprint density at radius 2 is 2.09 bits per heavy atom. The number of nitrogens with zero attached hydrogens (tertiary/aromatic N) is 1. The van der Waals surface area contributed by atoms with Gasteiger partial charge >= 0.3 is 0 Å². The maximum Gasteiger partial charge on any atom is 0.200 e. The first-order chi connectivity index (χ1) is 10.6. The lowest BCUT2D eigenvalue weighted by Gasteiger charge is -2.08. The van der Waals surface area contributed by atoms with E-state index in [2.05, 4.69) is 16.9 Å². The number of Topliss-reactive ketones (excluding diaryl/α,β-unsaturated/α-hetero) is 1. The van der Waals surface area contributed by atoms with Crippen LogP contribution in [0.3, 0.4) is 0 Å². The minimum absolute atomic E-state index is 0.193. The number of ketones is 1. The highest BCUT2D eigenvalue weighted by atomic mass is 16.1. The van der Waals surface area contributed by atoms with Gasteiger partial charge in [0, 0.05) is 29.5 Å². The second kappa shape index (κ2) is 5.56. The van der Waals surface area contributed by atoms with Crippen LogP contribution in [0.1, 0.15) is 29.8 Å². The number of hydrogen-bond acceptors (Lipinski definition) is 3. The Balaban J connectivity index is 2.21. The normalized spacial score (nSPS) is 10.8. The van der Waals surface area contributed by atoms with Gasteiger partial charge in [-0.1, -0.05) is 13.0 Å². The fourth-order valence-electron chi connectivity index (χ4n) is 2.64. The molecule has 22 heavy (non-hydrogen) atoms. The molecule has 2 aromatic heterocycles. The molecule has 0 saturated carbocycles. The number of carbonyl (C=O) groups is 1. The van der Waals surface area contributed by atoms with Crippen LogP contribution in [0, 0.1) is 0 Å². The van der Waals surface area contributed by atoms with E-state index in [1.165, 1.54) is 13.1 Å². The number of H-pyrrole nitrogens is 1. The van der Waals surface area contributed by atoms with E-state index >= 15 is 0 Å². The molecule has 4 nitrogen and oxygen atoms in total. The van der Waals surface area contributed by atoms with Crippen molar-refractivity contribution in [2.45, 2.75) is 20.3 Å². The molecule has 2 heterocycles. The summed E-state index contributed by atoms with van der Waals surface area (Å²) in [7, 11) is 0. The standard InChI is InChI=1S/C18H16N2O2/c1-3-12-9-19-7-6-14(12)13-4-5-15-17(8-13)20-10-16(11(2)21)18(15)22/h4-10H,3H2,1-2H3,(H,20,22). The molecule has 4 heteroatoms. The number of hydrogen-bond donors (Lipinski definition) is 1. The van der Waals surface area contributed by atoms with Crippen LogP contribution in [0.4, 0.5) is 0 Å². The first kappa shape index (κ1) is 14.2. The van der Waals surface area contributed by atoms with Crippen molar-refractivity contribution >= 4 is 16.7 Å². The largest absolute Gasteiger partial charge is 0.360 e. The third-order valence-corrected chi connectivity index (χ3v) is 3.86. The molecule has 0 aliphatic rings. The summed E-state index contributed by atoms with van der Waals surface area (Å²) < 4.78 is 0. The molecule has 0 bridgehead atoms. The zero-order chi connectivity index (χ0) is 15.7. The van der Waals surface area contributed by atoms with E-state index in [4.69, 9.17) is 0 Å². The number of benzene rings is 1. The molecule has 0 atom stereocenters. The van der Waals surface area contributed by atoms with E-state index in [1.54, 1.807) is 12.3 Å². The van der Waals surface area contributed by atoms with Crippen LogP contribution in [0.5, 0.6) is 0 Å². The summed E-state index contributed by atoms with van der Waals surface area (Å²) >= 11 is 0. The van der Waals surface area contributed by atoms with Crippen LogP contribution >= 0.6 is 0 Å². The molecule has 0 unspecified atom stereocenters. The van der Waals surface area contributed by atoms with Crippen molar-refractivity contribution < 1.29 is 4.79 Å². The quantitative estimate of drug-likeness (QED) is 0.753. The maximum atomic E-state index is 12.3. The highest BCUT2D eigenvalue weighted by molar-refractivity contribution is 5.97. The maximum absolute atomic E-state index is 12.3. The van der Waals surface area contributed by atoms with Gasteiger partial charge in [0.2, 0.25) is 0 Å². The van der Waals surface area contributed by atoms with Gasteiger partial charge in [-0.3, -0.25) is 14.6 Å². The number of pyridine rings is 2. The summed E-state index contributed by atoms with van der Waals surface area (Å²) in [6.07, 6.45) is 6.01. The molecule has 0 amide bonds. The number of aryl methyl sites for hydroxylation is 1. The lowest BCUT2D eigenvalue weighted by molar-refractivity contribution is 0.101. The summed E-state index contributed by atoms with van der Waals surface area (Å²) in [5.41, 5.74) is 3.99. The van der Waals surface area contributed by atoms with Crippen LogP contribution < -0.4 is 5.43 Å². The Hall–Kier alpha value is -2.75. The molecule has 3 aromatic rings. The number of nitrogens with one attached hydrogen (secondary N) is 1. The molecular weight excluding hydrogens is 276 g/mol. The summed E-state index contributed by atoms with van der Waals surface area (Å²) in [6.45, 7) is 3.48. The molecule has 1 aromatic carbocycles. The SMILES string of the molecule is CCc1cnccc1-c1ccc2c(=O)c(C(C)=O)c[nH]c2c1. The minimum atomic E-state index is -0.227. The van der Waals surface area contributed by atoms with Crippen molar-refractivity contribution in [3.8, 4) is 11.1 Å². The first-order valence-electron chi connectivity index (χ1n) is 7.21. The average Bonchev–Trinajstić information content (AvgIpc) is 2.54. The monoisotopic (exact) mass is 292 g/mol. The van der Waals surface area contributed by atoms with E-state index in [9.17, 15) is 9.59 Å². The predicted molar refractivity (Wildman–Crippen MR) is 87.2 cm³/mol. The molecule has 1 N–H and O–H groups in total. The van der Waals surface area contributed by atoms with Gasteiger partial charge in [-0.15, -0.1) is 0 Å². The van der Waals surface area contributed by atoms with E-state index in [-0.39, 0.29) is 16.8 Å². The fraction of sp³-hybridized carbons (Fsp3) is 0.167.